The zero-order valence-electron chi connectivity index (χ0n) is 7.84. The first-order chi connectivity index (χ1) is 6.61. The van der Waals surface area contributed by atoms with Gasteiger partial charge in [0.05, 0.1) is 0 Å². The van der Waals surface area contributed by atoms with Crippen LogP contribution in [0.3, 0.4) is 0 Å². The molecule has 0 spiro atoms. The van der Waals surface area contributed by atoms with E-state index in [4.69, 9.17) is 4.89 Å². The monoisotopic (exact) mass is 211 g/mol. The maximum Gasteiger partial charge on any atom is 0.585 e. The predicted octanol–water partition coefficient (Wildman–Crippen LogP) is 2.75. The quantitative estimate of drug-likeness (QED) is 0.597. The van der Waals surface area contributed by atoms with Crippen LogP contribution in [0.4, 0.5) is 0 Å². The maximum atomic E-state index is 10.6. The Labute approximate surface area is 83.6 Å². The highest BCUT2D eigenvalue weighted by molar-refractivity contribution is 7.42. The first-order valence-corrected chi connectivity index (χ1v) is 5.41. The van der Waals surface area contributed by atoms with Crippen molar-refractivity contribution in [2.45, 2.75) is 13.3 Å². The summed E-state index contributed by atoms with van der Waals surface area (Å²) in [5, 5.41) is 9.20. The second-order valence-electron chi connectivity index (χ2n) is 3.04. The number of benzene rings is 1. The van der Waals surface area contributed by atoms with Gasteiger partial charge in [0.2, 0.25) is 0 Å². The molecule has 1 atom stereocenters. The van der Waals surface area contributed by atoms with E-state index in [1.165, 1.54) is 0 Å². The Bertz CT molecular complexity index is 357. The molecule has 0 aromatic heterocycles. The summed E-state index contributed by atoms with van der Waals surface area (Å²) in [6.07, 6.45) is 0.494. The van der Waals surface area contributed by atoms with Crippen molar-refractivity contribution in [1.29, 1.82) is 0 Å². The fraction of sp³-hybridized carbons (Fsp3) is 0.200. The molecule has 3 nitrogen and oxygen atoms in total. The molecular weight excluding hydrogens is 199 g/mol. The van der Waals surface area contributed by atoms with Gasteiger partial charge in [0.15, 0.2) is 0 Å². The number of aliphatic hydroxyl groups excluding tert-OH is 1. The van der Waals surface area contributed by atoms with Gasteiger partial charge in [-0.25, -0.2) is 0 Å². The molecule has 1 rings (SSSR count). The molecule has 0 amide bonds. The third-order valence-electron chi connectivity index (χ3n) is 1.88. The summed E-state index contributed by atoms with van der Waals surface area (Å²) in [4.78, 5) is 8.67. The molecule has 0 radical (unpaired) electrons. The second-order valence-corrected chi connectivity index (χ2v) is 4.01. The summed E-state index contributed by atoms with van der Waals surface area (Å²) in [6, 6.07) is 9.48. The van der Waals surface area contributed by atoms with Gasteiger partial charge in [-0.15, -0.1) is 0 Å². The molecule has 0 bridgehead atoms. The Morgan fingerprint density at radius 1 is 1.36 bits per heavy atom. The van der Waals surface area contributed by atoms with E-state index in [2.05, 4.69) is 0 Å². The Morgan fingerprint density at radius 2 is 1.93 bits per heavy atom. The number of aliphatic hydroxyl groups is 1. The van der Waals surface area contributed by atoms with Crippen molar-refractivity contribution in [2.24, 2.45) is 0 Å². The van der Waals surface area contributed by atoms with E-state index in [-0.39, 0.29) is 0 Å². The minimum Gasteiger partial charge on any atom is -0.472 e. The molecule has 0 saturated heterocycles. The van der Waals surface area contributed by atoms with Crippen LogP contribution in [0.2, 0.25) is 0 Å². The number of rotatable bonds is 3. The van der Waals surface area contributed by atoms with Crippen LogP contribution < -0.4 is 0 Å². The number of hydrogen-bond donors (Lipinski definition) is 2. The standard InChI is InChI=1S/C10H11O3P/c1-8(10(11)14(12)13)7-9-5-3-2-4-6-9/h2-6H,7H2,1H3,(H-,11,12,13)/p+1. The van der Waals surface area contributed by atoms with Crippen molar-refractivity contribution in [3.8, 4) is 0 Å². The summed E-state index contributed by atoms with van der Waals surface area (Å²) in [6.45, 7) is 1.64. The molecule has 4 heteroatoms. The van der Waals surface area contributed by atoms with E-state index in [0.29, 0.717) is 12.0 Å². The molecule has 0 heterocycles. The number of hydrogen-bond acceptors (Lipinski definition) is 2. The van der Waals surface area contributed by atoms with Gasteiger partial charge in [0.1, 0.15) is 0 Å². The average Bonchev–Trinajstić information content (AvgIpc) is 2.18. The Kier molecular flexibility index (Phi) is 3.81. The lowest BCUT2D eigenvalue weighted by Gasteiger charge is -1.98. The predicted molar refractivity (Wildman–Crippen MR) is 55.3 cm³/mol. The second kappa shape index (κ2) is 4.89. The molecule has 0 fully saturated rings. The van der Waals surface area contributed by atoms with E-state index in [0.717, 1.165) is 5.56 Å². The smallest absolute Gasteiger partial charge is 0.472 e. The Balaban J connectivity index is 2.80. The average molecular weight is 211 g/mol. The van der Waals surface area contributed by atoms with Crippen molar-refractivity contribution in [1.82, 2.24) is 0 Å². The van der Waals surface area contributed by atoms with Gasteiger partial charge in [-0.2, -0.15) is 4.89 Å². The van der Waals surface area contributed by atoms with E-state index in [1.807, 2.05) is 30.3 Å². The van der Waals surface area contributed by atoms with Gasteiger partial charge < -0.3 is 5.11 Å². The fourth-order valence-electron chi connectivity index (χ4n) is 1.14. The van der Waals surface area contributed by atoms with Gasteiger partial charge in [-0.3, -0.25) is 0 Å². The third-order valence-corrected chi connectivity index (χ3v) is 2.62. The molecule has 14 heavy (non-hydrogen) atoms. The maximum absolute atomic E-state index is 10.6. The molecular formula is C10H12O3P+. The Hall–Kier alpha value is -1.18. The lowest BCUT2D eigenvalue weighted by Crippen LogP contribution is -1.89. The lowest BCUT2D eigenvalue weighted by atomic mass is 10.1. The van der Waals surface area contributed by atoms with Gasteiger partial charge >= 0.3 is 13.5 Å². The summed E-state index contributed by atoms with van der Waals surface area (Å²) in [5.41, 5.74) is 1.12. The zero-order valence-corrected chi connectivity index (χ0v) is 8.74. The minimum absolute atomic E-state index is 0.413. The van der Waals surface area contributed by atoms with Gasteiger partial charge in [0, 0.05) is 12.0 Å². The topological polar surface area (TPSA) is 57.5 Å². The van der Waals surface area contributed by atoms with Crippen molar-refractivity contribution >= 4 is 8.03 Å². The highest BCUT2D eigenvalue weighted by atomic mass is 31.1. The first kappa shape index (κ1) is 10.9. The van der Waals surface area contributed by atoms with Crippen molar-refractivity contribution in [3.05, 3.63) is 47.0 Å². The highest BCUT2D eigenvalue weighted by Crippen LogP contribution is 2.28. The van der Waals surface area contributed by atoms with E-state index < -0.39 is 13.5 Å². The van der Waals surface area contributed by atoms with Crippen LogP contribution in [0.25, 0.3) is 0 Å². The van der Waals surface area contributed by atoms with Gasteiger partial charge in [0.25, 0.3) is 0 Å². The summed E-state index contributed by atoms with van der Waals surface area (Å²) < 4.78 is 10.6. The molecule has 0 aliphatic heterocycles. The molecule has 0 aliphatic rings. The Morgan fingerprint density at radius 3 is 2.43 bits per heavy atom. The van der Waals surface area contributed by atoms with Crippen molar-refractivity contribution in [3.63, 3.8) is 0 Å². The van der Waals surface area contributed by atoms with Crippen LogP contribution in [0, 0.1) is 0 Å². The largest absolute Gasteiger partial charge is 0.585 e. The summed E-state index contributed by atoms with van der Waals surface area (Å²) in [7, 11) is -2.61. The summed E-state index contributed by atoms with van der Waals surface area (Å²) in [5.74, 6) is 0. The minimum atomic E-state index is -2.61. The van der Waals surface area contributed by atoms with Crippen LogP contribution in [0.1, 0.15) is 12.5 Å². The van der Waals surface area contributed by atoms with E-state index >= 15 is 0 Å². The highest BCUT2D eigenvalue weighted by Gasteiger charge is 2.22. The molecule has 0 aliphatic carbocycles. The molecule has 1 aromatic carbocycles. The molecule has 1 aromatic rings. The third kappa shape index (κ3) is 2.95. The molecule has 0 saturated carbocycles. The lowest BCUT2D eigenvalue weighted by molar-refractivity contribution is 0.410. The fourth-order valence-corrected chi connectivity index (χ4v) is 1.55. The normalized spacial score (nSPS) is 13.4. The van der Waals surface area contributed by atoms with E-state index in [1.54, 1.807) is 6.92 Å². The first-order valence-electron chi connectivity index (χ1n) is 4.20. The molecule has 2 N–H and O–H groups in total. The van der Waals surface area contributed by atoms with Gasteiger partial charge in [-0.05, 0) is 17.1 Å². The molecule has 1 unspecified atom stereocenters. The van der Waals surface area contributed by atoms with E-state index in [9.17, 15) is 9.67 Å². The van der Waals surface area contributed by atoms with Crippen molar-refractivity contribution in [2.75, 3.05) is 0 Å². The van der Waals surface area contributed by atoms with Crippen LogP contribution in [-0.4, -0.2) is 10.00 Å². The van der Waals surface area contributed by atoms with Gasteiger partial charge in [-0.1, -0.05) is 30.3 Å². The van der Waals surface area contributed by atoms with Crippen LogP contribution in [0.5, 0.6) is 0 Å². The van der Waals surface area contributed by atoms with Crippen LogP contribution >= 0.6 is 8.03 Å². The number of allylic oxidation sites excluding steroid dienone is 1. The summed E-state index contributed by atoms with van der Waals surface area (Å²) >= 11 is 0. The van der Waals surface area contributed by atoms with Crippen molar-refractivity contribution < 1.29 is 14.6 Å². The molecule has 74 valence electrons. The zero-order chi connectivity index (χ0) is 10.6. The van der Waals surface area contributed by atoms with Crippen LogP contribution in [0.15, 0.2) is 41.4 Å². The van der Waals surface area contributed by atoms with Crippen LogP contribution in [-0.2, 0) is 11.0 Å². The SMILES string of the molecule is CC(Cc1ccccc1)=C(O)[P+](=O)O.